The number of methoxy groups -OCH3 is 1. The van der Waals surface area contributed by atoms with Crippen molar-refractivity contribution < 1.29 is 19.7 Å². The summed E-state index contributed by atoms with van der Waals surface area (Å²) in [5.74, 6) is 0.356. The molecule has 0 aliphatic rings. The number of rotatable bonds is 9. The van der Waals surface area contributed by atoms with Crippen molar-refractivity contribution in [3.63, 3.8) is 0 Å². The Balaban J connectivity index is 2.28. The SMILES string of the molecule is COCC(O)CNCC(O)COc1c(Cl)cccc1Cl. The van der Waals surface area contributed by atoms with Crippen LogP contribution in [-0.2, 0) is 4.74 Å². The number of nitrogens with one attached hydrogen (secondary N) is 1. The molecule has 0 heterocycles. The van der Waals surface area contributed by atoms with Gasteiger partial charge in [-0.1, -0.05) is 29.3 Å². The van der Waals surface area contributed by atoms with Crippen molar-refractivity contribution in [1.82, 2.24) is 5.32 Å². The van der Waals surface area contributed by atoms with Crippen molar-refractivity contribution in [2.24, 2.45) is 0 Å². The molecule has 0 radical (unpaired) electrons. The smallest absolute Gasteiger partial charge is 0.156 e. The van der Waals surface area contributed by atoms with E-state index in [1.807, 2.05) is 0 Å². The van der Waals surface area contributed by atoms with E-state index >= 15 is 0 Å². The first-order chi connectivity index (χ1) is 9.54. The minimum Gasteiger partial charge on any atom is -0.488 e. The van der Waals surface area contributed by atoms with Crippen LogP contribution in [0.3, 0.4) is 0 Å². The van der Waals surface area contributed by atoms with E-state index in [-0.39, 0.29) is 19.8 Å². The molecule has 5 nitrogen and oxygen atoms in total. The van der Waals surface area contributed by atoms with E-state index in [1.54, 1.807) is 18.2 Å². The van der Waals surface area contributed by atoms with Gasteiger partial charge in [0.1, 0.15) is 12.7 Å². The fourth-order valence-corrected chi connectivity index (χ4v) is 2.03. The highest BCUT2D eigenvalue weighted by Gasteiger charge is 2.11. The van der Waals surface area contributed by atoms with Crippen LogP contribution in [0.1, 0.15) is 0 Å². The van der Waals surface area contributed by atoms with E-state index in [1.165, 1.54) is 7.11 Å². The molecule has 2 unspecified atom stereocenters. The Morgan fingerprint density at radius 3 is 2.20 bits per heavy atom. The topological polar surface area (TPSA) is 71.0 Å². The van der Waals surface area contributed by atoms with Crippen molar-refractivity contribution in [1.29, 1.82) is 0 Å². The molecule has 0 aliphatic carbocycles. The van der Waals surface area contributed by atoms with Gasteiger partial charge in [0, 0.05) is 20.2 Å². The van der Waals surface area contributed by atoms with Gasteiger partial charge in [-0.2, -0.15) is 0 Å². The van der Waals surface area contributed by atoms with Gasteiger partial charge in [0.2, 0.25) is 0 Å². The molecular weight excluding hydrogens is 305 g/mol. The number of benzene rings is 1. The zero-order valence-electron chi connectivity index (χ0n) is 11.2. The lowest BCUT2D eigenvalue weighted by Gasteiger charge is -2.16. The van der Waals surface area contributed by atoms with E-state index in [0.717, 1.165) is 0 Å². The van der Waals surface area contributed by atoms with Crippen molar-refractivity contribution in [3.05, 3.63) is 28.2 Å². The van der Waals surface area contributed by atoms with Crippen LogP contribution in [0, 0.1) is 0 Å². The number of para-hydroxylation sites is 1. The lowest BCUT2D eigenvalue weighted by molar-refractivity contribution is 0.0582. The summed E-state index contributed by atoms with van der Waals surface area (Å²) >= 11 is 11.9. The Kier molecular flexibility index (Phi) is 8.21. The second-order valence-corrected chi connectivity index (χ2v) is 5.10. The summed E-state index contributed by atoms with van der Waals surface area (Å²) in [7, 11) is 1.51. The van der Waals surface area contributed by atoms with Crippen LogP contribution in [-0.4, -0.2) is 55.8 Å². The lowest BCUT2D eigenvalue weighted by atomic mass is 10.3. The number of hydrogen-bond donors (Lipinski definition) is 3. The number of aliphatic hydroxyl groups is 2. The molecule has 0 bridgehead atoms. The molecule has 20 heavy (non-hydrogen) atoms. The number of halogens is 2. The molecule has 1 aromatic carbocycles. The van der Waals surface area contributed by atoms with Gasteiger partial charge in [0.25, 0.3) is 0 Å². The summed E-state index contributed by atoms with van der Waals surface area (Å²) in [5.41, 5.74) is 0. The van der Waals surface area contributed by atoms with E-state index in [0.29, 0.717) is 22.3 Å². The maximum atomic E-state index is 9.75. The monoisotopic (exact) mass is 323 g/mol. The van der Waals surface area contributed by atoms with Crippen LogP contribution >= 0.6 is 23.2 Å². The fourth-order valence-electron chi connectivity index (χ4n) is 1.53. The summed E-state index contributed by atoms with van der Waals surface area (Å²) in [6, 6.07) is 5.04. The quantitative estimate of drug-likeness (QED) is 0.639. The predicted octanol–water partition coefficient (Wildman–Crippen LogP) is 1.33. The first-order valence-electron chi connectivity index (χ1n) is 6.17. The van der Waals surface area contributed by atoms with Gasteiger partial charge in [-0.15, -0.1) is 0 Å². The number of ether oxygens (including phenoxy) is 2. The van der Waals surface area contributed by atoms with E-state index in [4.69, 9.17) is 32.7 Å². The summed E-state index contributed by atoms with van der Waals surface area (Å²) in [4.78, 5) is 0. The summed E-state index contributed by atoms with van der Waals surface area (Å²) in [5, 5.41) is 22.9. The van der Waals surface area contributed by atoms with Crippen LogP contribution in [0.2, 0.25) is 10.0 Å². The van der Waals surface area contributed by atoms with E-state index < -0.39 is 12.2 Å². The average Bonchev–Trinajstić information content (AvgIpc) is 2.38. The molecule has 7 heteroatoms. The van der Waals surface area contributed by atoms with Gasteiger partial charge in [-0.25, -0.2) is 0 Å². The molecule has 0 aromatic heterocycles. The van der Waals surface area contributed by atoms with Crippen LogP contribution in [0.5, 0.6) is 5.75 Å². The Hall–Kier alpha value is -0.560. The van der Waals surface area contributed by atoms with Gasteiger partial charge in [-0.05, 0) is 12.1 Å². The molecule has 1 rings (SSSR count). The first-order valence-corrected chi connectivity index (χ1v) is 6.92. The second kappa shape index (κ2) is 9.39. The molecule has 0 spiro atoms. The zero-order chi connectivity index (χ0) is 15.0. The Morgan fingerprint density at radius 1 is 1.10 bits per heavy atom. The van der Waals surface area contributed by atoms with E-state index in [9.17, 15) is 10.2 Å². The Morgan fingerprint density at radius 2 is 1.65 bits per heavy atom. The van der Waals surface area contributed by atoms with E-state index in [2.05, 4.69) is 5.32 Å². The van der Waals surface area contributed by atoms with Crippen molar-refractivity contribution in [2.45, 2.75) is 12.2 Å². The van der Waals surface area contributed by atoms with Gasteiger partial charge in [-0.3, -0.25) is 0 Å². The predicted molar refractivity (Wildman–Crippen MR) is 78.7 cm³/mol. The van der Waals surface area contributed by atoms with Crippen LogP contribution in [0.25, 0.3) is 0 Å². The Labute approximate surface area is 128 Å². The highest BCUT2D eigenvalue weighted by molar-refractivity contribution is 6.37. The molecule has 2 atom stereocenters. The summed E-state index contributed by atoms with van der Waals surface area (Å²) < 4.78 is 10.2. The highest BCUT2D eigenvalue weighted by atomic mass is 35.5. The molecule has 1 aromatic rings. The largest absolute Gasteiger partial charge is 0.488 e. The molecule has 0 amide bonds. The minimum absolute atomic E-state index is 0.0524. The standard InChI is InChI=1S/C13H19Cl2NO4/c1-19-7-9(17)5-16-6-10(18)8-20-13-11(14)3-2-4-12(13)15/h2-4,9-10,16-18H,5-8H2,1H3. The number of aliphatic hydroxyl groups excluding tert-OH is 2. The third-order valence-corrected chi connectivity index (χ3v) is 3.05. The van der Waals surface area contributed by atoms with Crippen LogP contribution in [0.15, 0.2) is 18.2 Å². The third kappa shape index (κ3) is 6.26. The molecular formula is C13H19Cl2NO4. The van der Waals surface area contributed by atoms with Crippen molar-refractivity contribution >= 4 is 23.2 Å². The maximum absolute atomic E-state index is 9.75. The van der Waals surface area contributed by atoms with Crippen LogP contribution in [0.4, 0.5) is 0 Å². The molecule has 0 saturated carbocycles. The summed E-state index contributed by atoms with van der Waals surface area (Å²) in [6.07, 6.45) is -1.34. The van der Waals surface area contributed by atoms with Crippen molar-refractivity contribution in [2.75, 3.05) is 33.4 Å². The fraction of sp³-hybridized carbons (Fsp3) is 0.538. The lowest BCUT2D eigenvalue weighted by Crippen LogP contribution is -2.37. The second-order valence-electron chi connectivity index (χ2n) is 4.28. The molecule has 114 valence electrons. The first kappa shape index (κ1) is 17.5. The average molecular weight is 324 g/mol. The maximum Gasteiger partial charge on any atom is 0.156 e. The Bertz CT molecular complexity index is 386. The third-order valence-electron chi connectivity index (χ3n) is 2.46. The molecule has 0 fully saturated rings. The highest BCUT2D eigenvalue weighted by Crippen LogP contribution is 2.32. The number of hydrogen-bond acceptors (Lipinski definition) is 5. The van der Waals surface area contributed by atoms with Gasteiger partial charge in [0.15, 0.2) is 5.75 Å². The normalized spacial score (nSPS) is 14.1. The minimum atomic E-state index is -0.739. The molecule has 0 aliphatic heterocycles. The van der Waals surface area contributed by atoms with Gasteiger partial charge >= 0.3 is 0 Å². The summed E-state index contributed by atoms with van der Waals surface area (Å²) in [6.45, 7) is 0.909. The molecule has 3 N–H and O–H groups in total. The zero-order valence-corrected chi connectivity index (χ0v) is 12.7. The van der Waals surface area contributed by atoms with Gasteiger partial charge in [0.05, 0.1) is 22.8 Å². The molecule has 0 saturated heterocycles. The van der Waals surface area contributed by atoms with Crippen LogP contribution < -0.4 is 10.1 Å². The van der Waals surface area contributed by atoms with Crippen molar-refractivity contribution in [3.8, 4) is 5.75 Å². The van der Waals surface area contributed by atoms with Gasteiger partial charge < -0.3 is 25.0 Å².